The van der Waals surface area contributed by atoms with Crippen molar-refractivity contribution in [2.45, 2.75) is 25.6 Å². The van der Waals surface area contributed by atoms with Crippen molar-refractivity contribution in [3.05, 3.63) is 0 Å². The third-order valence-corrected chi connectivity index (χ3v) is 1.91. The fraction of sp³-hybridized carbons (Fsp3) is 1.00. The number of hydrogen-bond donors (Lipinski definition) is 1. The fourth-order valence-electron chi connectivity index (χ4n) is 1.42. The molecule has 0 aromatic carbocycles. The Kier molecular flexibility index (Phi) is 4.12. The molecule has 0 aromatic rings. The number of nitrogens with one attached hydrogen (secondary N) is 1. The topological polar surface area (TPSA) is 39.7 Å². The number of rotatable bonds is 4. The van der Waals surface area contributed by atoms with Gasteiger partial charge >= 0.3 is 0 Å². The van der Waals surface area contributed by atoms with Gasteiger partial charge in [0.25, 0.3) is 0 Å². The van der Waals surface area contributed by atoms with Crippen LogP contribution in [0.5, 0.6) is 0 Å². The summed E-state index contributed by atoms with van der Waals surface area (Å²) in [5.41, 5.74) is -0.0840. The predicted octanol–water partition coefficient (Wildman–Crippen LogP) is 0.374. The maximum absolute atomic E-state index is 5.78. The number of methoxy groups -OCH3 is 1. The molecule has 0 amide bonds. The SMILES string of the molecule is COCOCC1CNCC(C)(C)O1. The van der Waals surface area contributed by atoms with E-state index in [4.69, 9.17) is 14.2 Å². The zero-order valence-corrected chi connectivity index (χ0v) is 8.63. The molecule has 0 saturated carbocycles. The van der Waals surface area contributed by atoms with Crippen LogP contribution in [0.25, 0.3) is 0 Å². The van der Waals surface area contributed by atoms with Crippen LogP contribution < -0.4 is 5.32 Å². The van der Waals surface area contributed by atoms with E-state index < -0.39 is 0 Å². The van der Waals surface area contributed by atoms with E-state index in [9.17, 15) is 0 Å². The van der Waals surface area contributed by atoms with E-state index in [2.05, 4.69) is 19.2 Å². The van der Waals surface area contributed by atoms with E-state index in [-0.39, 0.29) is 11.7 Å². The second-order valence-electron chi connectivity index (χ2n) is 3.91. The summed E-state index contributed by atoms with van der Waals surface area (Å²) in [5.74, 6) is 0. The summed E-state index contributed by atoms with van der Waals surface area (Å²) in [6.07, 6.45) is 0.138. The van der Waals surface area contributed by atoms with Crippen molar-refractivity contribution in [3.63, 3.8) is 0 Å². The summed E-state index contributed by atoms with van der Waals surface area (Å²) >= 11 is 0. The summed E-state index contributed by atoms with van der Waals surface area (Å²) in [4.78, 5) is 0. The number of hydrogen-bond acceptors (Lipinski definition) is 4. The van der Waals surface area contributed by atoms with Crippen LogP contribution >= 0.6 is 0 Å². The summed E-state index contributed by atoms with van der Waals surface area (Å²) < 4.78 is 15.8. The van der Waals surface area contributed by atoms with Gasteiger partial charge in [-0.1, -0.05) is 0 Å². The molecule has 1 atom stereocenters. The van der Waals surface area contributed by atoms with Gasteiger partial charge in [-0.2, -0.15) is 0 Å². The Morgan fingerprint density at radius 2 is 2.31 bits per heavy atom. The van der Waals surface area contributed by atoms with Gasteiger partial charge in [0.2, 0.25) is 0 Å². The molecule has 0 aliphatic carbocycles. The average molecular weight is 189 g/mol. The number of ether oxygens (including phenoxy) is 3. The molecule has 1 aliphatic rings. The third kappa shape index (κ3) is 4.04. The van der Waals surface area contributed by atoms with Gasteiger partial charge in [0.05, 0.1) is 18.3 Å². The molecule has 1 aliphatic heterocycles. The first-order valence-electron chi connectivity index (χ1n) is 4.59. The second kappa shape index (κ2) is 4.91. The van der Waals surface area contributed by atoms with Crippen LogP contribution in [-0.4, -0.2) is 45.3 Å². The van der Waals surface area contributed by atoms with Crippen LogP contribution in [0.1, 0.15) is 13.8 Å². The summed E-state index contributed by atoms with van der Waals surface area (Å²) in [7, 11) is 1.61. The van der Waals surface area contributed by atoms with Gasteiger partial charge < -0.3 is 19.5 Å². The van der Waals surface area contributed by atoms with Gasteiger partial charge in [-0.25, -0.2) is 0 Å². The van der Waals surface area contributed by atoms with E-state index in [1.807, 2.05) is 0 Å². The van der Waals surface area contributed by atoms with Gasteiger partial charge in [0.15, 0.2) is 0 Å². The van der Waals surface area contributed by atoms with Crippen LogP contribution in [0, 0.1) is 0 Å². The Morgan fingerprint density at radius 3 is 2.92 bits per heavy atom. The van der Waals surface area contributed by atoms with Gasteiger partial charge in [0, 0.05) is 20.2 Å². The molecule has 1 saturated heterocycles. The highest BCUT2D eigenvalue weighted by Crippen LogP contribution is 2.15. The second-order valence-corrected chi connectivity index (χ2v) is 3.91. The van der Waals surface area contributed by atoms with Gasteiger partial charge in [0.1, 0.15) is 6.79 Å². The van der Waals surface area contributed by atoms with E-state index in [1.54, 1.807) is 7.11 Å². The van der Waals surface area contributed by atoms with Gasteiger partial charge in [-0.15, -0.1) is 0 Å². The zero-order valence-electron chi connectivity index (χ0n) is 8.63. The molecule has 4 heteroatoms. The lowest BCUT2D eigenvalue weighted by Crippen LogP contribution is -2.51. The predicted molar refractivity (Wildman–Crippen MR) is 49.6 cm³/mol. The first kappa shape index (κ1) is 10.9. The van der Waals surface area contributed by atoms with Crippen molar-refractivity contribution in [2.75, 3.05) is 33.6 Å². The van der Waals surface area contributed by atoms with Crippen molar-refractivity contribution in [3.8, 4) is 0 Å². The van der Waals surface area contributed by atoms with Crippen LogP contribution in [0.2, 0.25) is 0 Å². The van der Waals surface area contributed by atoms with Gasteiger partial charge in [-0.05, 0) is 13.8 Å². The van der Waals surface area contributed by atoms with E-state index >= 15 is 0 Å². The molecule has 0 bridgehead atoms. The Balaban J connectivity index is 2.19. The molecule has 4 nitrogen and oxygen atoms in total. The van der Waals surface area contributed by atoms with E-state index in [1.165, 1.54) is 0 Å². The maximum atomic E-state index is 5.78. The van der Waals surface area contributed by atoms with Crippen molar-refractivity contribution in [2.24, 2.45) is 0 Å². The van der Waals surface area contributed by atoms with Gasteiger partial charge in [-0.3, -0.25) is 0 Å². The van der Waals surface area contributed by atoms with Crippen LogP contribution in [0.15, 0.2) is 0 Å². The Labute approximate surface area is 79.5 Å². The zero-order chi connectivity index (χ0) is 9.73. The van der Waals surface area contributed by atoms with Crippen LogP contribution in [0.4, 0.5) is 0 Å². The first-order valence-corrected chi connectivity index (χ1v) is 4.59. The van der Waals surface area contributed by atoms with Crippen LogP contribution in [-0.2, 0) is 14.2 Å². The molecule has 13 heavy (non-hydrogen) atoms. The minimum absolute atomic E-state index is 0.0840. The molecule has 78 valence electrons. The molecular formula is C9H19NO3. The fourth-order valence-corrected chi connectivity index (χ4v) is 1.42. The highest BCUT2D eigenvalue weighted by Gasteiger charge is 2.28. The lowest BCUT2D eigenvalue weighted by atomic mass is 10.1. The molecule has 1 unspecified atom stereocenters. The smallest absolute Gasteiger partial charge is 0.146 e. The lowest BCUT2D eigenvalue weighted by molar-refractivity contribution is -0.139. The summed E-state index contributed by atoms with van der Waals surface area (Å²) in [5, 5.41) is 3.31. The molecular weight excluding hydrogens is 170 g/mol. The third-order valence-electron chi connectivity index (χ3n) is 1.91. The first-order chi connectivity index (χ1) is 6.14. The largest absolute Gasteiger partial charge is 0.367 e. The normalized spacial score (nSPS) is 27.5. The number of morpholine rings is 1. The highest BCUT2D eigenvalue weighted by atomic mass is 16.7. The molecule has 0 radical (unpaired) electrons. The highest BCUT2D eigenvalue weighted by molar-refractivity contribution is 4.80. The summed E-state index contributed by atoms with van der Waals surface area (Å²) in [6.45, 7) is 6.82. The molecule has 0 aromatic heterocycles. The Bertz CT molecular complexity index is 150. The minimum atomic E-state index is -0.0840. The van der Waals surface area contributed by atoms with Crippen molar-refractivity contribution in [1.82, 2.24) is 5.32 Å². The lowest BCUT2D eigenvalue weighted by Gasteiger charge is -2.36. The molecule has 1 N–H and O–H groups in total. The average Bonchev–Trinajstić information content (AvgIpc) is 2.03. The summed E-state index contributed by atoms with van der Waals surface area (Å²) in [6, 6.07) is 0. The Hall–Kier alpha value is -0.160. The quantitative estimate of drug-likeness (QED) is 0.512. The Morgan fingerprint density at radius 1 is 1.54 bits per heavy atom. The monoisotopic (exact) mass is 189 g/mol. The maximum Gasteiger partial charge on any atom is 0.146 e. The van der Waals surface area contributed by atoms with Crippen LogP contribution in [0.3, 0.4) is 0 Å². The van der Waals surface area contributed by atoms with E-state index in [0.717, 1.165) is 13.1 Å². The van der Waals surface area contributed by atoms with E-state index in [0.29, 0.717) is 13.4 Å². The van der Waals surface area contributed by atoms with Crippen molar-refractivity contribution < 1.29 is 14.2 Å². The standard InChI is InChI=1S/C9H19NO3/c1-9(2)6-10-4-8(13-9)5-12-7-11-3/h8,10H,4-7H2,1-3H3. The van der Waals surface area contributed by atoms with Crippen molar-refractivity contribution in [1.29, 1.82) is 0 Å². The minimum Gasteiger partial charge on any atom is -0.367 e. The van der Waals surface area contributed by atoms with Crippen molar-refractivity contribution >= 4 is 0 Å². The molecule has 1 fully saturated rings. The molecule has 1 heterocycles. The molecule has 0 spiro atoms. The molecule has 1 rings (SSSR count).